The molecule has 0 aromatic heterocycles. The highest BCUT2D eigenvalue weighted by atomic mass is 16.6. The lowest BCUT2D eigenvalue weighted by atomic mass is 9.98. The molecule has 3 amide bonds. The Bertz CT molecular complexity index is 1090. The lowest BCUT2D eigenvalue weighted by molar-refractivity contribution is -0.143. The van der Waals surface area contributed by atoms with Crippen molar-refractivity contribution in [1.82, 2.24) is 15.5 Å². The van der Waals surface area contributed by atoms with Crippen LogP contribution in [-0.2, 0) is 20.7 Å². The van der Waals surface area contributed by atoms with Gasteiger partial charge >= 0.3 is 6.09 Å². The second kappa shape index (κ2) is 12.7. The number of amides is 3. The van der Waals surface area contributed by atoms with Gasteiger partial charge in [-0.1, -0.05) is 31.2 Å². The van der Waals surface area contributed by atoms with Gasteiger partial charge in [-0.3, -0.25) is 9.59 Å². The Morgan fingerprint density at radius 2 is 1.42 bits per heavy atom. The number of hydrogen-bond acceptors (Lipinski definition) is 6. The molecule has 2 rings (SSSR count). The molecule has 0 heterocycles. The number of carbonyl (C=O) groups is 3. The van der Waals surface area contributed by atoms with Gasteiger partial charge in [0.15, 0.2) is 0 Å². The molecule has 38 heavy (non-hydrogen) atoms. The maximum atomic E-state index is 14.1. The summed E-state index contributed by atoms with van der Waals surface area (Å²) in [6.45, 7) is 12.9. The van der Waals surface area contributed by atoms with E-state index in [-0.39, 0.29) is 30.4 Å². The number of nitrogens with zero attached hydrogens (tertiary/aromatic N) is 1. The van der Waals surface area contributed by atoms with Crippen molar-refractivity contribution >= 4 is 17.9 Å². The van der Waals surface area contributed by atoms with Crippen LogP contribution >= 0.6 is 0 Å². The van der Waals surface area contributed by atoms with E-state index in [2.05, 4.69) is 10.6 Å². The first-order valence-corrected chi connectivity index (χ1v) is 12.8. The van der Waals surface area contributed by atoms with Crippen molar-refractivity contribution in [1.29, 1.82) is 0 Å². The van der Waals surface area contributed by atoms with Gasteiger partial charge in [-0.25, -0.2) is 4.79 Å². The average Bonchev–Trinajstić information content (AvgIpc) is 2.78. The Morgan fingerprint density at radius 3 is 1.89 bits per heavy atom. The second-order valence-corrected chi connectivity index (χ2v) is 11.3. The molecule has 9 heteroatoms. The molecule has 2 atom stereocenters. The molecular weight excluding hydrogens is 486 g/mol. The molecule has 0 aliphatic carbocycles. The van der Waals surface area contributed by atoms with E-state index in [9.17, 15) is 24.6 Å². The van der Waals surface area contributed by atoms with Crippen molar-refractivity contribution in [3.05, 3.63) is 59.7 Å². The zero-order chi connectivity index (χ0) is 28.7. The summed E-state index contributed by atoms with van der Waals surface area (Å²) >= 11 is 0. The first-order valence-electron chi connectivity index (χ1n) is 12.8. The van der Waals surface area contributed by atoms with Crippen LogP contribution in [0.3, 0.4) is 0 Å². The molecule has 0 fully saturated rings. The molecule has 208 valence electrons. The highest BCUT2D eigenvalue weighted by Gasteiger charge is 2.37. The Morgan fingerprint density at radius 1 is 0.895 bits per heavy atom. The summed E-state index contributed by atoms with van der Waals surface area (Å²) < 4.78 is 5.42. The van der Waals surface area contributed by atoms with Crippen LogP contribution in [0.25, 0.3) is 0 Å². The summed E-state index contributed by atoms with van der Waals surface area (Å²) in [6.07, 6.45) is -0.0881. The summed E-state index contributed by atoms with van der Waals surface area (Å²) in [4.78, 5) is 41.9. The number of phenolic OH excluding ortho intramolecular Hbond substituents is 2. The van der Waals surface area contributed by atoms with Crippen LogP contribution in [0.2, 0.25) is 0 Å². The first kappa shape index (κ1) is 30.5. The number of rotatable bonds is 9. The van der Waals surface area contributed by atoms with Gasteiger partial charge in [-0.2, -0.15) is 0 Å². The van der Waals surface area contributed by atoms with E-state index >= 15 is 0 Å². The quantitative estimate of drug-likeness (QED) is 0.382. The van der Waals surface area contributed by atoms with Crippen LogP contribution in [0.1, 0.15) is 72.1 Å². The number of nitrogens with one attached hydrogen (secondary N) is 2. The third kappa shape index (κ3) is 9.61. The topological polar surface area (TPSA) is 128 Å². The van der Waals surface area contributed by atoms with Crippen molar-refractivity contribution < 1.29 is 29.3 Å². The molecule has 0 radical (unpaired) electrons. The molecule has 0 saturated heterocycles. The van der Waals surface area contributed by atoms with Crippen LogP contribution in [0.5, 0.6) is 11.5 Å². The van der Waals surface area contributed by atoms with Gasteiger partial charge in [-0.05, 0) is 83.4 Å². The number of phenols is 2. The minimum Gasteiger partial charge on any atom is -0.508 e. The van der Waals surface area contributed by atoms with Gasteiger partial charge in [-0.15, -0.1) is 0 Å². The van der Waals surface area contributed by atoms with E-state index in [1.807, 2.05) is 27.7 Å². The molecule has 2 aromatic rings. The molecule has 9 nitrogen and oxygen atoms in total. The zero-order valence-corrected chi connectivity index (χ0v) is 23.4. The molecule has 0 spiro atoms. The number of hydrogen-bond donors (Lipinski definition) is 4. The summed E-state index contributed by atoms with van der Waals surface area (Å²) in [5.74, 6) is -0.733. The molecular formula is C29H41N3O6. The van der Waals surface area contributed by atoms with Gasteiger partial charge in [0.25, 0.3) is 0 Å². The maximum Gasteiger partial charge on any atom is 0.408 e. The fourth-order valence-electron chi connectivity index (χ4n) is 3.89. The zero-order valence-electron chi connectivity index (χ0n) is 23.4. The monoisotopic (exact) mass is 527 g/mol. The average molecular weight is 528 g/mol. The molecule has 0 aliphatic heterocycles. The number of carbonyl (C=O) groups excluding carboxylic acids is 3. The second-order valence-electron chi connectivity index (χ2n) is 11.3. The molecule has 4 N–H and O–H groups in total. The summed E-state index contributed by atoms with van der Waals surface area (Å²) in [5.41, 5.74) is -0.116. The lowest BCUT2D eigenvalue weighted by Crippen LogP contribution is -2.55. The van der Waals surface area contributed by atoms with Gasteiger partial charge in [0.2, 0.25) is 11.8 Å². The Hall–Kier alpha value is -3.75. The maximum absolute atomic E-state index is 14.1. The van der Waals surface area contributed by atoms with Crippen LogP contribution in [0.4, 0.5) is 4.79 Å². The third-order valence-corrected chi connectivity index (χ3v) is 5.38. The van der Waals surface area contributed by atoms with Crippen LogP contribution in [0.15, 0.2) is 48.5 Å². The molecule has 0 aliphatic rings. The van der Waals surface area contributed by atoms with Gasteiger partial charge in [0.1, 0.15) is 29.2 Å². The van der Waals surface area contributed by atoms with Crippen molar-refractivity contribution in [3.8, 4) is 11.5 Å². The van der Waals surface area contributed by atoms with Gasteiger partial charge in [0.05, 0.1) is 0 Å². The predicted octanol–water partition coefficient (Wildman–Crippen LogP) is 4.43. The lowest BCUT2D eigenvalue weighted by Gasteiger charge is -2.36. The first-order chi connectivity index (χ1) is 17.6. The summed E-state index contributed by atoms with van der Waals surface area (Å²) in [6, 6.07) is 10.4. The normalized spacial score (nSPS) is 13.2. The van der Waals surface area contributed by atoms with E-state index in [4.69, 9.17) is 4.74 Å². The van der Waals surface area contributed by atoms with E-state index in [1.165, 1.54) is 29.2 Å². The molecule has 2 aromatic carbocycles. The van der Waals surface area contributed by atoms with Gasteiger partial charge < -0.3 is 30.5 Å². The number of ether oxygens (including phenoxy) is 1. The number of alkyl carbamates (subject to hydrolysis) is 1. The predicted molar refractivity (Wildman–Crippen MR) is 146 cm³/mol. The van der Waals surface area contributed by atoms with E-state index in [0.29, 0.717) is 17.5 Å². The Labute approximate surface area is 225 Å². The Kier molecular flexibility index (Phi) is 10.2. The third-order valence-electron chi connectivity index (χ3n) is 5.38. The van der Waals surface area contributed by atoms with E-state index in [1.54, 1.807) is 45.0 Å². The minimum atomic E-state index is -1.05. The van der Waals surface area contributed by atoms with Crippen LogP contribution in [-0.4, -0.2) is 56.7 Å². The molecule has 0 bridgehead atoms. The van der Waals surface area contributed by atoms with Gasteiger partial charge in [0, 0.05) is 18.5 Å². The highest BCUT2D eigenvalue weighted by molar-refractivity contribution is 5.92. The number of aromatic hydroxyl groups is 2. The standard InChI is InChI=1S/C29H41N3O6/c1-8-17-32(24(25(35)31-28(2,3)4)20-11-15-22(34)16-12-20)26(36)23(30-27(37)38-29(5,6)7)18-19-9-13-21(33)14-10-19/h9-16,23-24,33-34H,8,17-18H2,1-7H3,(H,30,37)(H,31,35). The van der Waals surface area contributed by atoms with Crippen molar-refractivity contribution in [2.75, 3.05) is 6.54 Å². The van der Waals surface area contributed by atoms with E-state index in [0.717, 1.165) is 0 Å². The largest absolute Gasteiger partial charge is 0.508 e. The fraction of sp³-hybridized carbons (Fsp3) is 0.483. The van der Waals surface area contributed by atoms with Crippen molar-refractivity contribution in [3.63, 3.8) is 0 Å². The van der Waals surface area contributed by atoms with Crippen LogP contribution < -0.4 is 10.6 Å². The highest BCUT2D eigenvalue weighted by Crippen LogP contribution is 2.26. The smallest absolute Gasteiger partial charge is 0.408 e. The van der Waals surface area contributed by atoms with Crippen molar-refractivity contribution in [2.45, 2.75) is 84.5 Å². The van der Waals surface area contributed by atoms with E-state index < -0.39 is 35.2 Å². The SMILES string of the molecule is CCCN(C(=O)C(Cc1ccc(O)cc1)NC(=O)OC(C)(C)C)C(C(=O)NC(C)(C)C)c1ccc(O)cc1. The molecule has 0 saturated carbocycles. The fourth-order valence-corrected chi connectivity index (χ4v) is 3.89. The number of benzene rings is 2. The minimum absolute atomic E-state index is 0.0360. The Balaban J connectivity index is 2.53. The molecule has 2 unspecified atom stereocenters. The van der Waals surface area contributed by atoms with Crippen molar-refractivity contribution in [2.24, 2.45) is 0 Å². The van der Waals surface area contributed by atoms with Crippen LogP contribution in [0, 0.1) is 0 Å². The summed E-state index contributed by atoms with van der Waals surface area (Å²) in [5, 5.41) is 25.1. The summed E-state index contributed by atoms with van der Waals surface area (Å²) in [7, 11) is 0.